The van der Waals surface area contributed by atoms with Crippen LogP contribution in [0.5, 0.6) is 0 Å². The van der Waals surface area contributed by atoms with Crippen LogP contribution in [0.3, 0.4) is 0 Å². The number of hydrogen-bond donors (Lipinski definition) is 2. The van der Waals surface area contributed by atoms with Crippen LogP contribution in [-0.2, 0) is 6.54 Å². The molecule has 1 fully saturated rings. The third-order valence-corrected chi connectivity index (χ3v) is 4.61. The number of carbonyl (C=O) groups excluding carboxylic acids is 1. The highest BCUT2D eigenvalue weighted by Gasteiger charge is 2.17. The first kappa shape index (κ1) is 17.5. The Morgan fingerprint density at radius 1 is 1.24 bits per heavy atom. The van der Waals surface area contributed by atoms with E-state index in [1.807, 2.05) is 31.2 Å². The minimum atomic E-state index is -0.0773. The van der Waals surface area contributed by atoms with Gasteiger partial charge in [-0.1, -0.05) is 0 Å². The Morgan fingerprint density at radius 3 is 2.56 bits per heavy atom. The van der Waals surface area contributed by atoms with Gasteiger partial charge in [0.2, 0.25) is 0 Å². The second-order valence-electron chi connectivity index (χ2n) is 6.54. The van der Waals surface area contributed by atoms with Crippen LogP contribution in [0.25, 0.3) is 0 Å². The van der Waals surface area contributed by atoms with Gasteiger partial charge in [0.15, 0.2) is 0 Å². The summed E-state index contributed by atoms with van der Waals surface area (Å²) in [6.45, 7) is 4.69. The van der Waals surface area contributed by atoms with Gasteiger partial charge in [-0.3, -0.25) is 4.79 Å². The fourth-order valence-electron chi connectivity index (χ4n) is 3.28. The number of imidazole rings is 1. The number of nitrogens with one attached hydrogen (secondary N) is 1. The van der Waals surface area contributed by atoms with Gasteiger partial charge in [0.25, 0.3) is 5.91 Å². The zero-order valence-electron chi connectivity index (χ0n) is 14.7. The molecule has 25 heavy (non-hydrogen) atoms. The first-order valence-corrected chi connectivity index (χ1v) is 8.93. The van der Waals surface area contributed by atoms with Crippen LogP contribution in [0.1, 0.15) is 41.1 Å². The number of piperidine rings is 1. The quantitative estimate of drug-likeness (QED) is 0.845. The average Bonchev–Trinajstić information content (AvgIpc) is 3.06. The molecule has 134 valence electrons. The minimum absolute atomic E-state index is 0.0648. The van der Waals surface area contributed by atoms with Gasteiger partial charge in [-0.25, -0.2) is 4.98 Å². The van der Waals surface area contributed by atoms with Gasteiger partial charge >= 0.3 is 0 Å². The lowest BCUT2D eigenvalue weighted by atomic mass is 10.1. The molecule has 1 amide bonds. The number of nitrogens with zero attached hydrogens (tertiary/aromatic N) is 3. The zero-order chi connectivity index (χ0) is 17.6. The first-order valence-electron chi connectivity index (χ1n) is 8.93. The molecule has 6 heteroatoms. The van der Waals surface area contributed by atoms with Crippen LogP contribution in [0.15, 0.2) is 30.5 Å². The summed E-state index contributed by atoms with van der Waals surface area (Å²) in [5.74, 6) is 0.740. The smallest absolute Gasteiger partial charge is 0.254 e. The highest BCUT2D eigenvalue weighted by Crippen LogP contribution is 2.21. The van der Waals surface area contributed by atoms with Crippen molar-refractivity contribution in [1.82, 2.24) is 14.9 Å². The number of rotatable bonds is 6. The normalized spacial score (nSPS) is 14.6. The summed E-state index contributed by atoms with van der Waals surface area (Å²) in [6, 6.07) is 7.82. The van der Waals surface area contributed by atoms with Gasteiger partial charge in [-0.05, 0) is 50.5 Å². The maximum absolute atomic E-state index is 12.8. The molecule has 2 N–H and O–H groups in total. The van der Waals surface area contributed by atoms with Crippen LogP contribution in [0.2, 0.25) is 0 Å². The lowest BCUT2D eigenvalue weighted by Crippen LogP contribution is -2.33. The molecule has 0 aliphatic carbocycles. The van der Waals surface area contributed by atoms with Gasteiger partial charge in [-0.2, -0.15) is 0 Å². The number of aromatic amines is 1. The highest BCUT2D eigenvalue weighted by atomic mass is 16.3. The van der Waals surface area contributed by atoms with Crippen LogP contribution in [0.4, 0.5) is 5.69 Å². The summed E-state index contributed by atoms with van der Waals surface area (Å²) in [4.78, 5) is 24.1. The van der Waals surface area contributed by atoms with E-state index >= 15 is 0 Å². The van der Waals surface area contributed by atoms with E-state index in [2.05, 4.69) is 14.9 Å². The van der Waals surface area contributed by atoms with Crippen molar-refractivity contribution in [3.8, 4) is 0 Å². The predicted octanol–water partition coefficient (Wildman–Crippen LogP) is 2.34. The molecule has 0 unspecified atom stereocenters. The van der Waals surface area contributed by atoms with Crippen LogP contribution < -0.4 is 4.90 Å². The monoisotopic (exact) mass is 342 g/mol. The molecule has 3 rings (SSSR count). The van der Waals surface area contributed by atoms with Crippen LogP contribution >= 0.6 is 0 Å². The Bertz CT molecular complexity index is 690. The maximum Gasteiger partial charge on any atom is 0.254 e. The number of carbonyl (C=O) groups is 1. The third-order valence-electron chi connectivity index (χ3n) is 4.61. The van der Waals surface area contributed by atoms with Gasteiger partial charge in [-0.15, -0.1) is 0 Å². The topological polar surface area (TPSA) is 72.5 Å². The van der Waals surface area contributed by atoms with Crippen molar-refractivity contribution in [2.24, 2.45) is 0 Å². The Labute approximate surface area is 148 Å². The number of aryl methyl sites for hydroxylation is 1. The SMILES string of the molecule is Cc1ncc(CN(CCO)C(=O)c2ccc(N3CCCCC3)cc2)[nH]1. The molecule has 1 saturated heterocycles. The number of benzene rings is 1. The number of anilines is 1. The summed E-state index contributed by atoms with van der Waals surface area (Å²) < 4.78 is 0. The van der Waals surface area contributed by atoms with Crippen molar-refractivity contribution in [3.05, 3.63) is 47.5 Å². The molecular weight excluding hydrogens is 316 g/mol. The fourth-order valence-corrected chi connectivity index (χ4v) is 3.28. The third kappa shape index (κ3) is 4.39. The van der Waals surface area contributed by atoms with Crippen molar-refractivity contribution in [1.29, 1.82) is 0 Å². The number of amides is 1. The largest absolute Gasteiger partial charge is 0.395 e. The molecule has 1 aliphatic heterocycles. The molecule has 1 aromatic heterocycles. The molecule has 1 aliphatic rings. The molecule has 6 nitrogen and oxygen atoms in total. The van der Waals surface area contributed by atoms with E-state index in [0.717, 1.165) is 24.6 Å². The lowest BCUT2D eigenvalue weighted by Gasteiger charge is -2.29. The Kier molecular flexibility index (Phi) is 5.71. The summed E-state index contributed by atoms with van der Waals surface area (Å²) in [5, 5.41) is 9.30. The second-order valence-corrected chi connectivity index (χ2v) is 6.54. The lowest BCUT2D eigenvalue weighted by molar-refractivity contribution is 0.0705. The fraction of sp³-hybridized carbons (Fsp3) is 0.474. The summed E-state index contributed by atoms with van der Waals surface area (Å²) in [6.07, 6.45) is 5.49. The molecule has 2 aromatic rings. The summed E-state index contributed by atoms with van der Waals surface area (Å²) >= 11 is 0. The Morgan fingerprint density at radius 2 is 1.96 bits per heavy atom. The average molecular weight is 342 g/mol. The highest BCUT2D eigenvalue weighted by molar-refractivity contribution is 5.94. The van der Waals surface area contributed by atoms with E-state index < -0.39 is 0 Å². The Balaban J connectivity index is 1.70. The first-order chi connectivity index (χ1) is 12.2. The minimum Gasteiger partial charge on any atom is -0.395 e. The molecular formula is C19H26N4O2. The molecule has 0 radical (unpaired) electrons. The second kappa shape index (κ2) is 8.16. The maximum atomic E-state index is 12.8. The van der Waals surface area contributed by atoms with Crippen LogP contribution in [0, 0.1) is 6.92 Å². The zero-order valence-corrected chi connectivity index (χ0v) is 14.7. The number of aliphatic hydroxyl groups excluding tert-OH is 1. The van der Waals surface area contributed by atoms with Crippen LogP contribution in [-0.4, -0.2) is 52.1 Å². The van der Waals surface area contributed by atoms with E-state index in [1.54, 1.807) is 11.1 Å². The molecule has 0 spiro atoms. The number of H-pyrrole nitrogens is 1. The van der Waals surface area contributed by atoms with Gasteiger partial charge in [0, 0.05) is 30.9 Å². The van der Waals surface area contributed by atoms with Crippen molar-refractivity contribution >= 4 is 11.6 Å². The molecule has 2 heterocycles. The molecule has 0 bridgehead atoms. The van der Waals surface area contributed by atoms with Gasteiger partial charge in [0.1, 0.15) is 5.82 Å². The van der Waals surface area contributed by atoms with E-state index in [1.165, 1.54) is 24.9 Å². The Hall–Kier alpha value is -2.34. The van der Waals surface area contributed by atoms with Gasteiger partial charge < -0.3 is 19.9 Å². The molecule has 1 aromatic carbocycles. The van der Waals surface area contributed by atoms with Crippen molar-refractivity contribution in [3.63, 3.8) is 0 Å². The van der Waals surface area contributed by atoms with E-state index in [4.69, 9.17) is 0 Å². The number of aromatic nitrogens is 2. The standard InChI is InChI=1S/C19H26N4O2/c1-15-20-13-17(21-15)14-23(11-12-24)19(25)16-5-7-18(8-6-16)22-9-3-2-4-10-22/h5-8,13,24H,2-4,9-12,14H2,1H3,(H,20,21). The number of aliphatic hydroxyl groups is 1. The van der Waals surface area contributed by atoms with Crippen molar-refractivity contribution < 1.29 is 9.90 Å². The summed E-state index contributed by atoms with van der Waals surface area (Å²) in [5.41, 5.74) is 2.68. The van der Waals surface area contributed by atoms with E-state index in [9.17, 15) is 9.90 Å². The number of hydrogen-bond acceptors (Lipinski definition) is 4. The van der Waals surface area contributed by atoms with Crippen molar-refractivity contribution in [2.75, 3.05) is 31.1 Å². The van der Waals surface area contributed by atoms with Crippen molar-refractivity contribution in [2.45, 2.75) is 32.7 Å². The molecule has 0 saturated carbocycles. The van der Waals surface area contributed by atoms with Gasteiger partial charge in [0.05, 0.1) is 25.0 Å². The van der Waals surface area contributed by atoms with E-state index in [0.29, 0.717) is 18.7 Å². The predicted molar refractivity (Wildman–Crippen MR) is 97.7 cm³/mol. The summed E-state index contributed by atoms with van der Waals surface area (Å²) in [7, 11) is 0. The van der Waals surface area contributed by atoms with E-state index in [-0.39, 0.29) is 12.5 Å². The molecule has 0 atom stereocenters.